The summed E-state index contributed by atoms with van der Waals surface area (Å²) < 4.78 is 5.50. The van der Waals surface area contributed by atoms with Crippen molar-refractivity contribution in [3.63, 3.8) is 0 Å². The summed E-state index contributed by atoms with van der Waals surface area (Å²) in [5, 5.41) is 23.5. The number of aliphatic hydroxyl groups excluding tert-OH is 2. The van der Waals surface area contributed by atoms with E-state index in [1.807, 2.05) is 0 Å². The van der Waals surface area contributed by atoms with Gasteiger partial charge in [-0.3, -0.25) is 9.59 Å². The summed E-state index contributed by atoms with van der Waals surface area (Å²) in [6, 6.07) is -0.544. The van der Waals surface area contributed by atoms with Crippen LogP contribution in [-0.4, -0.2) is 47.4 Å². The smallest absolute Gasteiger partial charge is 0.305 e. The fraction of sp³-hybridized carbons (Fsp3) is 0.923. The second kappa shape index (κ2) is 73.8. The largest absolute Gasteiger partial charge is 0.466 e. The molecule has 0 aliphatic heterocycles. The second-order valence-corrected chi connectivity index (χ2v) is 26.7. The van der Waals surface area contributed by atoms with Gasteiger partial charge in [-0.05, 0) is 77.0 Å². The zero-order chi connectivity index (χ0) is 60.6. The number of unbranched alkanes of at least 4 members (excludes halogenated alkanes) is 58. The molecule has 0 aromatic carbocycles. The number of ether oxygens (including phenoxy) is 1. The lowest BCUT2D eigenvalue weighted by molar-refractivity contribution is -0.143. The van der Waals surface area contributed by atoms with Gasteiger partial charge >= 0.3 is 5.97 Å². The molecule has 0 rings (SSSR count). The van der Waals surface area contributed by atoms with Crippen LogP contribution in [0.1, 0.15) is 438 Å². The van der Waals surface area contributed by atoms with E-state index in [1.165, 1.54) is 360 Å². The van der Waals surface area contributed by atoms with Gasteiger partial charge in [-0.15, -0.1) is 0 Å². The Morgan fingerprint density at radius 3 is 0.845 bits per heavy atom. The third kappa shape index (κ3) is 69.4. The standard InChI is InChI=1S/C78H151NO5/c1-3-5-7-9-11-13-15-17-19-21-22-23-24-29-32-35-39-42-46-50-54-58-62-66-70-76(81)75(74-80)79-77(82)71-67-63-59-55-51-47-43-40-36-33-30-27-25-26-28-31-34-37-41-45-49-53-57-61-65-69-73-84-78(83)72-68-64-60-56-52-48-44-38-20-18-16-14-12-10-8-6-4-2/h18,20,25,27,75-76,80-81H,3-17,19,21-24,26,28-74H2,1-2H3,(H,79,82)/b20-18-,27-25-. The highest BCUT2D eigenvalue weighted by molar-refractivity contribution is 5.76. The topological polar surface area (TPSA) is 95.9 Å². The van der Waals surface area contributed by atoms with E-state index in [9.17, 15) is 19.8 Å². The minimum atomic E-state index is -0.667. The van der Waals surface area contributed by atoms with Gasteiger partial charge in [0.2, 0.25) is 5.91 Å². The highest BCUT2D eigenvalue weighted by Crippen LogP contribution is 2.20. The van der Waals surface area contributed by atoms with Crippen LogP contribution in [0, 0.1) is 0 Å². The monoisotopic (exact) mass is 1180 g/mol. The van der Waals surface area contributed by atoms with Crippen molar-refractivity contribution in [3.8, 4) is 0 Å². The van der Waals surface area contributed by atoms with Crippen molar-refractivity contribution in [1.82, 2.24) is 5.32 Å². The summed E-state index contributed by atoms with van der Waals surface area (Å²) in [6.45, 7) is 4.99. The molecule has 0 aromatic heterocycles. The van der Waals surface area contributed by atoms with Crippen molar-refractivity contribution in [1.29, 1.82) is 0 Å². The molecule has 84 heavy (non-hydrogen) atoms. The zero-order valence-electron chi connectivity index (χ0n) is 57.2. The summed E-state index contributed by atoms with van der Waals surface area (Å²) in [5.41, 5.74) is 0. The van der Waals surface area contributed by atoms with E-state index < -0.39 is 12.1 Å². The maximum absolute atomic E-state index is 12.6. The molecule has 0 radical (unpaired) electrons. The fourth-order valence-corrected chi connectivity index (χ4v) is 12.3. The average molecular weight is 1180 g/mol. The first-order valence-corrected chi connectivity index (χ1v) is 38.6. The lowest BCUT2D eigenvalue weighted by Crippen LogP contribution is -2.45. The maximum atomic E-state index is 12.6. The van der Waals surface area contributed by atoms with E-state index in [2.05, 4.69) is 43.5 Å². The zero-order valence-corrected chi connectivity index (χ0v) is 57.2. The Hall–Kier alpha value is -1.66. The number of hydrogen-bond donors (Lipinski definition) is 3. The van der Waals surface area contributed by atoms with Gasteiger partial charge in [0.15, 0.2) is 0 Å². The summed E-state index contributed by atoms with van der Waals surface area (Å²) in [7, 11) is 0. The highest BCUT2D eigenvalue weighted by atomic mass is 16.5. The Morgan fingerprint density at radius 2 is 0.560 bits per heavy atom. The van der Waals surface area contributed by atoms with Crippen LogP contribution in [0.15, 0.2) is 24.3 Å². The molecular formula is C78H151NO5. The molecule has 6 nitrogen and oxygen atoms in total. The summed E-state index contributed by atoms with van der Waals surface area (Å²) in [5.74, 6) is -0.0193. The van der Waals surface area contributed by atoms with Gasteiger partial charge in [-0.25, -0.2) is 0 Å². The molecule has 0 saturated heterocycles. The van der Waals surface area contributed by atoms with Crippen LogP contribution in [0.2, 0.25) is 0 Å². The van der Waals surface area contributed by atoms with Gasteiger partial charge in [0, 0.05) is 12.8 Å². The normalized spacial score (nSPS) is 12.6. The van der Waals surface area contributed by atoms with Crippen molar-refractivity contribution in [2.24, 2.45) is 0 Å². The first-order chi connectivity index (χ1) is 41.5. The van der Waals surface area contributed by atoms with Crippen molar-refractivity contribution < 1.29 is 24.5 Å². The first-order valence-electron chi connectivity index (χ1n) is 38.6. The molecule has 2 atom stereocenters. The molecule has 0 aliphatic rings. The van der Waals surface area contributed by atoms with E-state index in [0.29, 0.717) is 25.9 Å². The third-order valence-corrected chi connectivity index (χ3v) is 18.2. The number of hydrogen-bond acceptors (Lipinski definition) is 5. The summed E-state index contributed by atoms with van der Waals surface area (Å²) >= 11 is 0. The molecule has 2 unspecified atom stereocenters. The Labute approximate surface area is 526 Å². The average Bonchev–Trinajstić information content (AvgIpc) is 3.51. The van der Waals surface area contributed by atoms with E-state index in [4.69, 9.17) is 4.74 Å². The number of carbonyl (C=O) groups is 2. The predicted octanol–water partition coefficient (Wildman–Crippen LogP) is 25.3. The molecule has 0 spiro atoms. The van der Waals surface area contributed by atoms with Gasteiger partial charge in [0.05, 0.1) is 25.4 Å². The molecule has 0 fully saturated rings. The minimum Gasteiger partial charge on any atom is -0.466 e. The van der Waals surface area contributed by atoms with Gasteiger partial charge in [-0.1, -0.05) is 372 Å². The molecule has 0 heterocycles. The minimum absolute atomic E-state index is 0.0122. The van der Waals surface area contributed by atoms with Crippen molar-refractivity contribution in [2.45, 2.75) is 450 Å². The fourth-order valence-electron chi connectivity index (χ4n) is 12.3. The Balaban J connectivity index is 3.38. The molecule has 0 bridgehead atoms. The van der Waals surface area contributed by atoms with Crippen LogP contribution in [-0.2, 0) is 14.3 Å². The molecule has 0 saturated carbocycles. The Bertz CT molecular complexity index is 1320. The van der Waals surface area contributed by atoms with Crippen molar-refractivity contribution in [3.05, 3.63) is 24.3 Å². The number of aliphatic hydroxyl groups is 2. The number of rotatable bonds is 73. The molecule has 1 amide bonds. The van der Waals surface area contributed by atoms with Gasteiger partial charge in [0.1, 0.15) is 0 Å². The van der Waals surface area contributed by atoms with Crippen LogP contribution in [0.5, 0.6) is 0 Å². The van der Waals surface area contributed by atoms with Crippen LogP contribution < -0.4 is 5.32 Å². The third-order valence-electron chi connectivity index (χ3n) is 18.2. The molecular weight excluding hydrogens is 1030 g/mol. The number of carbonyl (C=O) groups excluding carboxylic acids is 2. The second-order valence-electron chi connectivity index (χ2n) is 26.7. The molecule has 3 N–H and O–H groups in total. The van der Waals surface area contributed by atoms with E-state index >= 15 is 0 Å². The van der Waals surface area contributed by atoms with E-state index in [-0.39, 0.29) is 18.5 Å². The number of amides is 1. The Kier molecular flexibility index (Phi) is 72.3. The lowest BCUT2D eigenvalue weighted by Gasteiger charge is -2.22. The highest BCUT2D eigenvalue weighted by Gasteiger charge is 2.20. The van der Waals surface area contributed by atoms with Crippen LogP contribution in [0.4, 0.5) is 0 Å². The molecule has 498 valence electrons. The first kappa shape index (κ1) is 82.3. The number of allylic oxidation sites excluding steroid dienone is 4. The van der Waals surface area contributed by atoms with Crippen LogP contribution in [0.25, 0.3) is 0 Å². The van der Waals surface area contributed by atoms with Crippen molar-refractivity contribution in [2.75, 3.05) is 13.2 Å². The molecule has 0 aromatic rings. The number of esters is 1. The lowest BCUT2D eigenvalue weighted by atomic mass is 10.0. The van der Waals surface area contributed by atoms with Gasteiger partial charge in [0.25, 0.3) is 0 Å². The van der Waals surface area contributed by atoms with E-state index in [0.717, 1.165) is 44.9 Å². The number of nitrogens with one attached hydrogen (secondary N) is 1. The molecule has 0 aliphatic carbocycles. The summed E-state index contributed by atoms with van der Waals surface area (Å²) in [4.78, 5) is 24.7. The summed E-state index contributed by atoms with van der Waals surface area (Å²) in [6.07, 6.45) is 93.9. The van der Waals surface area contributed by atoms with Gasteiger partial charge in [-0.2, -0.15) is 0 Å². The van der Waals surface area contributed by atoms with Crippen LogP contribution >= 0.6 is 0 Å². The SMILES string of the molecule is CCCCCCCC/C=C\CCCCCCCCCC(=O)OCCCCCCCCCCCCCC/C=C\CCCCCCCCCCCCC(=O)NC(CO)C(O)CCCCCCCCCCCCCCCCCCCCCCCCCC. The van der Waals surface area contributed by atoms with Crippen molar-refractivity contribution >= 4 is 11.9 Å². The van der Waals surface area contributed by atoms with E-state index in [1.54, 1.807) is 0 Å². The predicted molar refractivity (Wildman–Crippen MR) is 370 cm³/mol. The van der Waals surface area contributed by atoms with Gasteiger partial charge < -0.3 is 20.3 Å². The molecule has 6 heteroatoms. The quantitative estimate of drug-likeness (QED) is 0.0320. The Morgan fingerprint density at radius 1 is 0.321 bits per heavy atom. The maximum Gasteiger partial charge on any atom is 0.305 e. The van der Waals surface area contributed by atoms with Crippen LogP contribution in [0.3, 0.4) is 0 Å².